The fraction of sp³-hybridized carbons (Fsp3) is 0.571. The summed E-state index contributed by atoms with van der Waals surface area (Å²) < 4.78 is 32.7. The van der Waals surface area contributed by atoms with Gasteiger partial charge in [-0.3, -0.25) is 0 Å². The zero-order valence-electron chi connectivity index (χ0n) is 12.0. The van der Waals surface area contributed by atoms with Crippen LogP contribution in [0.2, 0.25) is 0 Å². The van der Waals surface area contributed by atoms with Crippen molar-refractivity contribution in [2.75, 3.05) is 19.0 Å². The third-order valence-electron chi connectivity index (χ3n) is 3.25. The Bertz CT molecular complexity index is 586. The number of benzene rings is 1. The monoisotopic (exact) mass is 317 g/mol. The predicted molar refractivity (Wildman–Crippen MR) is 79.6 cm³/mol. The van der Waals surface area contributed by atoms with Gasteiger partial charge in [-0.05, 0) is 38.5 Å². The Kier molecular flexibility index (Phi) is 4.44. The first-order chi connectivity index (χ1) is 9.24. The molecule has 0 saturated carbocycles. The molecule has 0 amide bonds. The van der Waals surface area contributed by atoms with E-state index in [0.29, 0.717) is 18.0 Å². The van der Waals surface area contributed by atoms with Gasteiger partial charge in [0.2, 0.25) is 10.0 Å². The number of ether oxygens (including phenoxy) is 1. The molecular weight excluding hydrogens is 298 g/mol. The molecule has 20 heavy (non-hydrogen) atoms. The van der Waals surface area contributed by atoms with Crippen LogP contribution in [0.3, 0.4) is 0 Å². The van der Waals surface area contributed by atoms with E-state index in [2.05, 4.69) is 0 Å². The summed E-state index contributed by atoms with van der Waals surface area (Å²) in [4.78, 5) is 0.323. The summed E-state index contributed by atoms with van der Waals surface area (Å²) in [5.74, 6) is 0.281. The van der Waals surface area contributed by atoms with Crippen LogP contribution >= 0.6 is 11.6 Å². The van der Waals surface area contributed by atoms with Crippen LogP contribution in [0.5, 0.6) is 0 Å². The quantitative estimate of drug-likeness (QED) is 0.804. The molecule has 1 fully saturated rings. The average molecular weight is 318 g/mol. The van der Waals surface area contributed by atoms with Crippen LogP contribution in [-0.2, 0) is 14.8 Å². The highest BCUT2D eigenvalue weighted by Gasteiger charge is 2.39. The Labute approximate surface area is 125 Å². The molecule has 1 heterocycles. The predicted octanol–water partition coefficient (Wildman–Crippen LogP) is 2.40. The number of hydrogen-bond donors (Lipinski definition) is 0. The van der Waals surface area contributed by atoms with Crippen molar-refractivity contribution in [3.8, 4) is 0 Å². The second kappa shape index (κ2) is 5.64. The minimum atomic E-state index is -3.50. The number of aryl methyl sites for hydroxylation is 1. The largest absolute Gasteiger partial charge is 0.368 e. The van der Waals surface area contributed by atoms with E-state index in [1.54, 1.807) is 18.2 Å². The topological polar surface area (TPSA) is 46.6 Å². The standard InChI is InChI=1S/C14H20ClNO3S/c1-11-5-4-6-13(7-11)20(17,18)16-9-12(8-15)19-14(2,3)10-16/h4-7,12H,8-10H2,1-3H3. The van der Waals surface area contributed by atoms with Gasteiger partial charge in [0, 0.05) is 19.0 Å². The lowest BCUT2D eigenvalue weighted by atomic mass is 10.1. The van der Waals surface area contributed by atoms with Gasteiger partial charge in [0.05, 0.1) is 16.6 Å². The summed E-state index contributed by atoms with van der Waals surface area (Å²) in [6.45, 7) is 6.26. The molecule has 1 atom stereocenters. The molecule has 1 aromatic rings. The third kappa shape index (κ3) is 3.34. The van der Waals surface area contributed by atoms with E-state index in [-0.39, 0.29) is 12.0 Å². The minimum Gasteiger partial charge on any atom is -0.368 e. The smallest absolute Gasteiger partial charge is 0.243 e. The maximum Gasteiger partial charge on any atom is 0.243 e. The molecule has 6 heteroatoms. The Morgan fingerprint density at radius 2 is 2.15 bits per heavy atom. The van der Waals surface area contributed by atoms with Gasteiger partial charge >= 0.3 is 0 Å². The number of morpholine rings is 1. The second-order valence-corrected chi connectivity index (χ2v) is 8.01. The third-order valence-corrected chi connectivity index (χ3v) is 5.40. The van der Waals surface area contributed by atoms with Crippen molar-refractivity contribution in [2.45, 2.75) is 37.4 Å². The summed E-state index contributed by atoms with van der Waals surface area (Å²) in [6, 6.07) is 6.95. The summed E-state index contributed by atoms with van der Waals surface area (Å²) in [6.07, 6.45) is -0.278. The highest BCUT2D eigenvalue weighted by Crippen LogP contribution is 2.27. The molecule has 1 aliphatic rings. The molecular formula is C14H20ClNO3S. The van der Waals surface area contributed by atoms with Gasteiger partial charge < -0.3 is 4.74 Å². The molecule has 0 bridgehead atoms. The highest BCUT2D eigenvalue weighted by molar-refractivity contribution is 7.89. The lowest BCUT2D eigenvalue weighted by Gasteiger charge is -2.41. The van der Waals surface area contributed by atoms with E-state index in [4.69, 9.17) is 16.3 Å². The molecule has 1 aromatic carbocycles. The van der Waals surface area contributed by atoms with Crippen LogP contribution in [0.4, 0.5) is 0 Å². The first-order valence-electron chi connectivity index (χ1n) is 6.55. The molecule has 1 unspecified atom stereocenters. The molecule has 0 N–H and O–H groups in total. The summed E-state index contributed by atoms with van der Waals surface area (Å²) in [5.41, 5.74) is 0.391. The molecule has 2 rings (SSSR count). The van der Waals surface area contributed by atoms with E-state index >= 15 is 0 Å². The molecule has 1 aliphatic heterocycles. The zero-order valence-corrected chi connectivity index (χ0v) is 13.5. The Balaban J connectivity index is 2.33. The van der Waals surface area contributed by atoms with Crippen LogP contribution in [0.25, 0.3) is 0 Å². The first kappa shape index (κ1) is 15.8. The number of sulfonamides is 1. The van der Waals surface area contributed by atoms with Gasteiger partial charge in [0.25, 0.3) is 0 Å². The van der Waals surface area contributed by atoms with E-state index in [1.165, 1.54) is 4.31 Å². The van der Waals surface area contributed by atoms with Crippen LogP contribution < -0.4 is 0 Å². The lowest BCUT2D eigenvalue weighted by Crippen LogP contribution is -2.55. The van der Waals surface area contributed by atoms with Gasteiger partial charge in [-0.15, -0.1) is 11.6 Å². The second-order valence-electron chi connectivity index (χ2n) is 5.77. The highest BCUT2D eigenvalue weighted by atomic mass is 35.5. The SMILES string of the molecule is Cc1cccc(S(=O)(=O)N2CC(CCl)OC(C)(C)C2)c1. The van der Waals surface area contributed by atoms with Gasteiger partial charge in [-0.1, -0.05) is 12.1 Å². The zero-order chi connectivity index (χ0) is 15.0. The fourth-order valence-corrected chi connectivity index (χ4v) is 4.32. The maximum absolute atomic E-state index is 12.7. The van der Waals surface area contributed by atoms with Crippen molar-refractivity contribution in [3.05, 3.63) is 29.8 Å². The molecule has 1 saturated heterocycles. The van der Waals surface area contributed by atoms with E-state index < -0.39 is 15.6 Å². The van der Waals surface area contributed by atoms with Gasteiger partial charge in [0.1, 0.15) is 0 Å². The van der Waals surface area contributed by atoms with Crippen LogP contribution in [-0.4, -0.2) is 43.4 Å². The minimum absolute atomic E-state index is 0.278. The Hall–Kier alpha value is -0.620. The molecule has 0 aliphatic carbocycles. The summed E-state index contributed by atoms with van der Waals surface area (Å²) in [5, 5.41) is 0. The maximum atomic E-state index is 12.7. The fourth-order valence-electron chi connectivity index (χ4n) is 2.43. The molecule has 112 valence electrons. The van der Waals surface area contributed by atoms with Crippen molar-refractivity contribution in [3.63, 3.8) is 0 Å². The van der Waals surface area contributed by atoms with E-state index in [1.807, 2.05) is 26.8 Å². The molecule has 0 aromatic heterocycles. The summed E-state index contributed by atoms with van der Waals surface area (Å²) >= 11 is 5.85. The van der Waals surface area contributed by atoms with Crippen molar-refractivity contribution in [2.24, 2.45) is 0 Å². The number of hydrogen-bond acceptors (Lipinski definition) is 3. The van der Waals surface area contributed by atoms with Crippen LogP contribution in [0.15, 0.2) is 29.2 Å². The number of halogens is 1. The Morgan fingerprint density at radius 1 is 1.45 bits per heavy atom. The van der Waals surface area contributed by atoms with Crippen LogP contribution in [0, 0.1) is 6.92 Å². The first-order valence-corrected chi connectivity index (χ1v) is 8.53. The summed E-state index contributed by atoms with van der Waals surface area (Å²) in [7, 11) is -3.50. The van der Waals surface area contributed by atoms with E-state index in [9.17, 15) is 8.42 Å². The molecule has 4 nitrogen and oxygen atoms in total. The van der Waals surface area contributed by atoms with E-state index in [0.717, 1.165) is 5.56 Å². The van der Waals surface area contributed by atoms with Crippen molar-refractivity contribution in [1.82, 2.24) is 4.31 Å². The number of alkyl halides is 1. The number of nitrogens with zero attached hydrogens (tertiary/aromatic N) is 1. The van der Waals surface area contributed by atoms with Crippen molar-refractivity contribution < 1.29 is 13.2 Å². The van der Waals surface area contributed by atoms with Gasteiger partial charge in [-0.25, -0.2) is 8.42 Å². The molecule has 0 radical (unpaired) electrons. The van der Waals surface area contributed by atoms with Gasteiger partial charge in [-0.2, -0.15) is 4.31 Å². The average Bonchev–Trinajstić information content (AvgIpc) is 2.36. The Morgan fingerprint density at radius 3 is 2.75 bits per heavy atom. The van der Waals surface area contributed by atoms with Crippen molar-refractivity contribution in [1.29, 1.82) is 0 Å². The normalized spacial score (nSPS) is 23.7. The molecule has 0 spiro atoms. The van der Waals surface area contributed by atoms with Crippen molar-refractivity contribution >= 4 is 21.6 Å². The van der Waals surface area contributed by atoms with Crippen LogP contribution in [0.1, 0.15) is 19.4 Å². The van der Waals surface area contributed by atoms with Gasteiger partial charge in [0.15, 0.2) is 0 Å². The lowest BCUT2D eigenvalue weighted by molar-refractivity contribution is -0.107. The number of rotatable bonds is 3.